The maximum Gasteiger partial charge on any atom is 0.193 e. The van der Waals surface area contributed by atoms with Crippen LogP contribution in [0.5, 0.6) is 0 Å². The van der Waals surface area contributed by atoms with E-state index in [0.29, 0.717) is 5.92 Å². The Morgan fingerprint density at radius 3 is 2.00 bits per heavy atom. The Morgan fingerprint density at radius 1 is 0.660 bits per heavy atom. The van der Waals surface area contributed by atoms with E-state index in [4.69, 9.17) is 0 Å². The predicted molar refractivity (Wildman–Crippen MR) is 228 cm³/mol. The van der Waals surface area contributed by atoms with Crippen molar-refractivity contribution >= 4 is 29.6 Å². The molecular formula is C51H51BN. The lowest BCUT2D eigenvalue weighted by atomic mass is 9.42. The minimum Gasteiger partial charge on any atom is -0.355 e. The second-order valence-electron chi connectivity index (χ2n) is 17.8. The van der Waals surface area contributed by atoms with Crippen molar-refractivity contribution in [2.24, 2.45) is 5.41 Å². The Hall–Kier alpha value is -4.82. The summed E-state index contributed by atoms with van der Waals surface area (Å²) >= 11 is 0. The lowest BCUT2D eigenvalue weighted by Gasteiger charge is -2.58. The molecule has 2 heteroatoms. The summed E-state index contributed by atoms with van der Waals surface area (Å²) in [5.74, 6) is 0.392. The third kappa shape index (κ3) is 5.77. The molecule has 0 amide bonds. The van der Waals surface area contributed by atoms with Crippen LogP contribution >= 0.6 is 0 Å². The van der Waals surface area contributed by atoms with Crippen molar-refractivity contribution in [1.29, 1.82) is 0 Å². The highest BCUT2D eigenvalue weighted by Crippen LogP contribution is 2.62. The maximum atomic E-state index is 3.88. The minimum atomic E-state index is 0.0707. The molecule has 3 atom stereocenters. The third-order valence-corrected chi connectivity index (χ3v) is 13.4. The van der Waals surface area contributed by atoms with E-state index in [2.05, 4.69) is 182 Å². The molecule has 263 valence electrons. The van der Waals surface area contributed by atoms with E-state index >= 15 is 0 Å². The van der Waals surface area contributed by atoms with Crippen LogP contribution in [-0.2, 0) is 10.8 Å². The number of aryl methyl sites for hydroxylation is 1. The number of nitrogens with one attached hydrogen (secondary N) is 1. The summed E-state index contributed by atoms with van der Waals surface area (Å²) in [6.45, 7) is 14.7. The number of anilines is 2. The monoisotopic (exact) mass is 688 g/mol. The van der Waals surface area contributed by atoms with Gasteiger partial charge in [-0.25, -0.2) is 0 Å². The van der Waals surface area contributed by atoms with Gasteiger partial charge in [0.2, 0.25) is 0 Å². The van der Waals surface area contributed by atoms with Crippen molar-refractivity contribution in [2.75, 3.05) is 5.32 Å². The predicted octanol–water partition coefficient (Wildman–Crippen LogP) is 12.4. The van der Waals surface area contributed by atoms with Gasteiger partial charge in [0.05, 0.1) is 0 Å². The van der Waals surface area contributed by atoms with Crippen molar-refractivity contribution in [3.05, 3.63) is 155 Å². The van der Waals surface area contributed by atoms with E-state index in [-0.39, 0.29) is 16.2 Å². The first-order valence-corrected chi connectivity index (χ1v) is 19.8. The molecule has 9 rings (SSSR count). The second kappa shape index (κ2) is 12.7. The van der Waals surface area contributed by atoms with Crippen LogP contribution in [0.1, 0.15) is 100 Å². The van der Waals surface area contributed by atoms with Crippen molar-refractivity contribution in [2.45, 2.75) is 90.4 Å². The first-order valence-electron chi connectivity index (χ1n) is 19.8. The first-order chi connectivity index (χ1) is 25.5. The van der Waals surface area contributed by atoms with Gasteiger partial charge in [-0.2, -0.15) is 0 Å². The van der Waals surface area contributed by atoms with Crippen LogP contribution in [-0.4, -0.2) is 7.28 Å². The van der Waals surface area contributed by atoms with Crippen molar-refractivity contribution in [1.82, 2.24) is 0 Å². The molecule has 0 aromatic heterocycles. The molecule has 0 saturated heterocycles. The van der Waals surface area contributed by atoms with Gasteiger partial charge in [0.1, 0.15) is 0 Å². The standard InChI is InChI=1S/C51H51BN/c1-33-27-41(40-29-37(35-17-11-8-12-18-35)21-24-46(40)53-39-22-19-36(20-23-39)34-15-9-7-10-16-34)48-42(28-33)43-32-50(5)25-13-14-26-51(50,6)44-30-38(49(2,3)4)31-45(52-48)47(43)44/h7-12,15-24,27-31,43,53H,13-14,25-26,32H2,1-6H3. The average molecular weight is 689 g/mol. The highest BCUT2D eigenvalue weighted by atomic mass is 14.9. The Labute approximate surface area is 318 Å². The Bertz CT molecular complexity index is 2330. The Kier molecular flexibility index (Phi) is 8.11. The van der Waals surface area contributed by atoms with Crippen molar-refractivity contribution in [3.63, 3.8) is 0 Å². The van der Waals surface area contributed by atoms with Crippen LogP contribution in [0.25, 0.3) is 33.4 Å². The fourth-order valence-corrected chi connectivity index (χ4v) is 10.1. The number of hydrogen-bond acceptors (Lipinski definition) is 1. The van der Waals surface area contributed by atoms with Gasteiger partial charge in [-0.05, 0) is 117 Å². The molecule has 0 bridgehead atoms. The van der Waals surface area contributed by atoms with Gasteiger partial charge in [-0.3, -0.25) is 0 Å². The summed E-state index contributed by atoms with van der Waals surface area (Å²) in [6, 6.07) is 47.5. The molecule has 1 N–H and O–H groups in total. The zero-order valence-corrected chi connectivity index (χ0v) is 32.3. The molecule has 3 aliphatic rings. The molecule has 53 heavy (non-hydrogen) atoms. The average Bonchev–Trinajstić information content (AvgIpc) is 3.16. The number of fused-ring (bicyclic) bond motifs is 4. The first kappa shape index (κ1) is 34.0. The van der Waals surface area contributed by atoms with E-state index < -0.39 is 0 Å². The fraction of sp³-hybridized carbons (Fsp3) is 0.294. The topological polar surface area (TPSA) is 12.0 Å². The highest BCUT2D eigenvalue weighted by molar-refractivity contribution is 6.70. The zero-order valence-electron chi connectivity index (χ0n) is 32.3. The number of benzene rings is 6. The molecule has 1 heterocycles. The fourth-order valence-electron chi connectivity index (χ4n) is 10.1. The van der Waals surface area contributed by atoms with Crippen LogP contribution in [0.3, 0.4) is 0 Å². The lowest BCUT2D eigenvalue weighted by molar-refractivity contribution is 0.0602. The van der Waals surface area contributed by atoms with Gasteiger partial charge in [0.15, 0.2) is 7.28 Å². The van der Waals surface area contributed by atoms with Crippen LogP contribution in [0.4, 0.5) is 11.4 Å². The molecule has 1 aliphatic heterocycles. The molecule has 3 unspecified atom stereocenters. The summed E-state index contributed by atoms with van der Waals surface area (Å²) in [6.07, 6.45) is 6.48. The molecule has 0 spiro atoms. The molecular weight excluding hydrogens is 637 g/mol. The van der Waals surface area contributed by atoms with Gasteiger partial charge in [0, 0.05) is 22.9 Å². The summed E-state index contributed by atoms with van der Waals surface area (Å²) in [7, 11) is 2.57. The van der Waals surface area contributed by atoms with E-state index in [1.165, 1.54) is 93.1 Å². The third-order valence-electron chi connectivity index (χ3n) is 13.4. The van der Waals surface area contributed by atoms with Crippen LogP contribution < -0.4 is 16.2 Å². The Morgan fingerprint density at radius 2 is 1.30 bits per heavy atom. The van der Waals surface area contributed by atoms with Crippen LogP contribution in [0.15, 0.2) is 127 Å². The van der Waals surface area contributed by atoms with Crippen molar-refractivity contribution in [3.8, 4) is 33.4 Å². The van der Waals surface area contributed by atoms with E-state index in [1.54, 1.807) is 11.1 Å². The van der Waals surface area contributed by atoms with Crippen molar-refractivity contribution < 1.29 is 0 Å². The molecule has 6 aromatic rings. The summed E-state index contributed by atoms with van der Waals surface area (Å²) in [4.78, 5) is 0. The van der Waals surface area contributed by atoms with Gasteiger partial charge in [-0.1, -0.05) is 167 Å². The molecule has 2 aliphatic carbocycles. The van der Waals surface area contributed by atoms with Crippen LogP contribution in [0.2, 0.25) is 0 Å². The normalized spacial score (nSPS) is 21.5. The zero-order chi connectivity index (χ0) is 36.5. The second-order valence-corrected chi connectivity index (χ2v) is 17.8. The van der Waals surface area contributed by atoms with Gasteiger partial charge < -0.3 is 5.32 Å². The van der Waals surface area contributed by atoms with E-state index in [1.807, 2.05) is 0 Å². The van der Waals surface area contributed by atoms with E-state index in [0.717, 1.165) is 11.4 Å². The number of rotatable bonds is 5. The largest absolute Gasteiger partial charge is 0.355 e. The molecule has 1 saturated carbocycles. The molecule has 1 nitrogen and oxygen atoms in total. The smallest absolute Gasteiger partial charge is 0.193 e. The summed E-state index contributed by atoms with van der Waals surface area (Å²) < 4.78 is 0. The molecule has 1 fully saturated rings. The lowest BCUT2D eigenvalue weighted by Crippen LogP contribution is -2.54. The SMILES string of the molecule is Cc1cc(-c2cc(-c3ccccc3)ccc2Nc2ccc(-c3ccccc3)cc2)c2c(c1)C1CC3(C)CCCCC3(C)c3cc(C(C)(C)C)cc(c31)[B]2. The molecule has 1 radical (unpaired) electrons. The quantitative estimate of drug-likeness (QED) is 0.178. The summed E-state index contributed by atoms with van der Waals surface area (Å²) in [5.41, 5.74) is 20.6. The Balaban J connectivity index is 1.22. The number of hydrogen-bond donors (Lipinski definition) is 1. The minimum absolute atomic E-state index is 0.0707. The van der Waals surface area contributed by atoms with Crippen LogP contribution in [0, 0.1) is 12.3 Å². The van der Waals surface area contributed by atoms with E-state index in [9.17, 15) is 0 Å². The van der Waals surface area contributed by atoms with Gasteiger partial charge in [-0.15, -0.1) is 0 Å². The highest BCUT2D eigenvalue weighted by Gasteiger charge is 2.54. The summed E-state index contributed by atoms with van der Waals surface area (Å²) in [5, 5.41) is 3.88. The molecule has 6 aromatic carbocycles. The van der Waals surface area contributed by atoms with Gasteiger partial charge in [0.25, 0.3) is 0 Å². The maximum absolute atomic E-state index is 3.88. The van der Waals surface area contributed by atoms with Gasteiger partial charge >= 0.3 is 0 Å².